The van der Waals surface area contributed by atoms with Crippen molar-refractivity contribution in [3.05, 3.63) is 35.9 Å². The smallest absolute Gasteiger partial charge is 0.408 e. The number of benzene rings is 1. The van der Waals surface area contributed by atoms with Gasteiger partial charge in [0.25, 0.3) is 0 Å². The summed E-state index contributed by atoms with van der Waals surface area (Å²) >= 11 is 0. The van der Waals surface area contributed by atoms with Gasteiger partial charge in [0.2, 0.25) is 5.91 Å². The highest BCUT2D eigenvalue weighted by molar-refractivity contribution is 5.90. The number of ether oxygens (including phenoxy) is 3. The Morgan fingerprint density at radius 3 is 2.31 bits per heavy atom. The van der Waals surface area contributed by atoms with Crippen molar-refractivity contribution in [2.24, 2.45) is 0 Å². The third-order valence-corrected chi connectivity index (χ3v) is 4.49. The zero-order valence-electron chi connectivity index (χ0n) is 19.1. The first kappa shape index (κ1) is 25.2. The lowest BCUT2D eigenvalue weighted by Gasteiger charge is -2.26. The molecule has 0 spiro atoms. The van der Waals surface area contributed by atoms with Crippen LogP contribution in [0.4, 0.5) is 4.79 Å². The van der Waals surface area contributed by atoms with E-state index >= 15 is 0 Å². The molecule has 0 saturated heterocycles. The molecule has 1 saturated carbocycles. The highest BCUT2D eigenvalue weighted by atomic mass is 16.6. The van der Waals surface area contributed by atoms with Gasteiger partial charge in [0.1, 0.15) is 24.8 Å². The molecule has 0 bridgehead atoms. The van der Waals surface area contributed by atoms with Gasteiger partial charge in [-0.1, -0.05) is 30.3 Å². The molecule has 1 N–H and O–H groups in total. The van der Waals surface area contributed by atoms with Gasteiger partial charge in [-0.3, -0.25) is 9.59 Å². The first-order valence-electron chi connectivity index (χ1n) is 10.7. The van der Waals surface area contributed by atoms with Crippen molar-refractivity contribution in [1.29, 1.82) is 0 Å². The fourth-order valence-electron chi connectivity index (χ4n) is 2.92. The van der Waals surface area contributed by atoms with E-state index in [4.69, 9.17) is 14.2 Å². The van der Waals surface area contributed by atoms with E-state index in [1.807, 2.05) is 18.2 Å². The molecule has 32 heavy (non-hydrogen) atoms. The predicted octanol–water partition coefficient (Wildman–Crippen LogP) is 2.57. The van der Waals surface area contributed by atoms with Crippen molar-refractivity contribution in [2.45, 2.75) is 71.2 Å². The minimum Gasteiger partial charge on any atom is -0.465 e. The van der Waals surface area contributed by atoms with Gasteiger partial charge in [-0.25, -0.2) is 9.59 Å². The van der Waals surface area contributed by atoms with Crippen LogP contribution in [-0.2, 0) is 35.2 Å². The summed E-state index contributed by atoms with van der Waals surface area (Å²) in [6.07, 6.45) is 0.343. The van der Waals surface area contributed by atoms with Gasteiger partial charge < -0.3 is 24.4 Å². The Kier molecular flexibility index (Phi) is 9.04. The second-order valence-electron chi connectivity index (χ2n) is 8.55. The van der Waals surface area contributed by atoms with E-state index in [-0.39, 0.29) is 32.2 Å². The molecule has 176 valence electrons. The molecular weight excluding hydrogens is 416 g/mol. The highest BCUT2D eigenvalue weighted by Crippen LogP contribution is 2.27. The van der Waals surface area contributed by atoms with Crippen molar-refractivity contribution in [1.82, 2.24) is 10.2 Å². The maximum atomic E-state index is 12.9. The minimum absolute atomic E-state index is 0.0126. The molecule has 1 aromatic rings. The highest BCUT2D eigenvalue weighted by Gasteiger charge is 2.37. The Balaban J connectivity index is 2.04. The summed E-state index contributed by atoms with van der Waals surface area (Å²) in [7, 11) is 0. The summed E-state index contributed by atoms with van der Waals surface area (Å²) in [5.41, 5.74) is -0.0309. The Morgan fingerprint density at radius 1 is 1.09 bits per heavy atom. The first-order chi connectivity index (χ1) is 15.1. The normalized spacial score (nSPS) is 14.1. The van der Waals surface area contributed by atoms with Crippen molar-refractivity contribution < 1.29 is 33.4 Å². The number of amides is 2. The summed E-state index contributed by atoms with van der Waals surface area (Å²) in [6, 6.07) is 7.74. The molecule has 1 atom stereocenters. The zero-order chi connectivity index (χ0) is 23.7. The van der Waals surface area contributed by atoms with E-state index in [0.29, 0.717) is 0 Å². The van der Waals surface area contributed by atoms with Crippen LogP contribution in [0.15, 0.2) is 30.3 Å². The molecule has 1 fully saturated rings. The molecule has 0 aromatic heterocycles. The Labute approximate surface area is 188 Å². The number of carbonyl (C=O) groups excluding carboxylic acids is 4. The lowest BCUT2D eigenvalue weighted by Crippen LogP contribution is -2.48. The molecule has 1 aromatic carbocycles. The molecule has 2 amide bonds. The third-order valence-electron chi connectivity index (χ3n) is 4.49. The maximum absolute atomic E-state index is 12.9. The number of esters is 2. The number of alkyl carbamates (subject to hydrolysis) is 1. The van der Waals surface area contributed by atoms with Gasteiger partial charge in [0, 0.05) is 6.04 Å². The monoisotopic (exact) mass is 448 g/mol. The van der Waals surface area contributed by atoms with Crippen LogP contribution in [0.1, 0.15) is 52.5 Å². The van der Waals surface area contributed by atoms with E-state index in [1.165, 1.54) is 4.90 Å². The number of nitrogens with zero attached hydrogens (tertiary/aromatic N) is 1. The number of carbonyl (C=O) groups is 4. The van der Waals surface area contributed by atoms with Gasteiger partial charge in [-0.05, 0) is 46.1 Å². The molecular formula is C23H32N2O7. The average Bonchev–Trinajstić information content (AvgIpc) is 3.55. The van der Waals surface area contributed by atoms with Crippen LogP contribution in [0.2, 0.25) is 0 Å². The fraction of sp³-hybridized carbons (Fsp3) is 0.565. The molecule has 0 unspecified atom stereocenters. The molecule has 2 rings (SSSR count). The van der Waals surface area contributed by atoms with Gasteiger partial charge >= 0.3 is 18.0 Å². The van der Waals surface area contributed by atoms with Gasteiger partial charge in [0.15, 0.2) is 0 Å². The molecule has 0 heterocycles. The van der Waals surface area contributed by atoms with Crippen LogP contribution in [-0.4, -0.2) is 59.7 Å². The lowest BCUT2D eigenvalue weighted by molar-refractivity contribution is -0.159. The Morgan fingerprint density at radius 2 is 1.75 bits per heavy atom. The van der Waals surface area contributed by atoms with Crippen LogP contribution in [0.25, 0.3) is 0 Å². The summed E-state index contributed by atoms with van der Waals surface area (Å²) in [5, 5.41) is 2.43. The molecule has 0 aliphatic heterocycles. The van der Waals surface area contributed by atoms with Crippen LogP contribution in [0, 0.1) is 0 Å². The zero-order valence-corrected chi connectivity index (χ0v) is 19.1. The summed E-state index contributed by atoms with van der Waals surface area (Å²) < 4.78 is 15.5. The first-order valence-corrected chi connectivity index (χ1v) is 10.7. The molecule has 1 aliphatic carbocycles. The number of nitrogens with one attached hydrogen (secondary N) is 1. The third kappa shape index (κ3) is 8.95. The van der Waals surface area contributed by atoms with Crippen LogP contribution < -0.4 is 5.32 Å². The van der Waals surface area contributed by atoms with Crippen LogP contribution >= 0.6 is 0 Å². The van der Waals surface area contributed by atoms with Crippen LogP contribution in [0.5, 0.6) is 0 Å². The standard InChI is InChI=1S/C23H32N2O7/c1-5-30-20(27)14-25(17-11-12-17)19(26)13-18(21(28)32-23(2,3)4)24-22(29)31-15-16-9-7-6-8-10-16/h6-10,17-18H,5,11-15H2,1-4H3,(H,24,29)/t18-/m0/s1. The van der Waals surface area contributed by atoms with Crippen molar-refractivity contribution in [3.8, 4) is 0 Å². The number of rotatable bonds is 10. The van der Waals surface area contributed by atoms with Gasteiger partial charge in [0.05, 0.1) is 13.0 Å². The molecule has 1 aliphatic rings. The van der Waals surface area contributed by atoms with E-state index in [9.17, 15) is 19.2 Å². The minimum atomic E-state index is -1.26. The number of hydrogen-bond donors (Lipinski definition) is 1. The SMILES string of the molecule is CCOC(=O)CN(C(=O)C[C@H](NC(=O)OCc1ccccc1)C(=O)OC(C)(C)C)C1CC1. The van der Waals surface area contributed by atoms with Crippen molar-refractivity contribution in [2.75, 3.05) is 13.2 Å². The van der Waals surface area contributed by atoms with Crippen molar-refractivity contribution in [3.63, 3.8) is 0 Å². The second kappa shape index (κ2) is 11.5. The maximum Gasteiger partial charge on any atom is 0.408 e. The van der Waals surface area contributed by atoms with Gasteiger partial charge in [-0.15, -0.1) is 0 Å². The van der Waals surface area contributed by atoms with E-state index in [1.54, 1.807) is 39.8 Å². The van der Waals surface area contributed by atoms with Gasteiger partial charge in [-0.2, -0.15) is 0 Å². The molecule has 0 radical (unpaired) electrons. The van der Waals surface area contributed by atoms with E-state index in [0.717, 1.165) is 18.4 Å². The number of hydrogen-bond acceptors (Lipinski definition) is 7. The summed E-state index contributed by atoms with van der Waals surface area (Å²) in [4.78, 5) is 51.2. The summed E-state index contributed by atoms with van der Waals surface area (Å²) in [5.74, 6) is -1.72. The van der Waals surface area contributed by atoms with E-state index in [2.05, 4.69) is 5.32 Å². The summed E-state index contributed by atoms with van der Waals surface area (Å²) in [6.45, 7) is 6.78. The fourth-order valence-corrected chi connectivity index (χ4v) is 2.92. The van der Waals surface area contributed by atoms with E-state index < -0.39 is 35.6 Å². The molecule has 9 heteroatoms. The molecule has 9 nitrogen and oxygen atoms in total. The van der Waals surface area contributed by atoms with Crippen LogP contribution in [0.3, 0.4) is 0 Å². The average molecular weight is 449 g/mol. The quantitative estimate of drug-likeness (QED) is 0.432. The topological polar surface area (TPSA) is 111 Å². The lowest BCUT2D eigenvalue weighted by atomic mass is 10.1. The Hall–Kier alpha value is -3.10. The predicted molar refractivity (Wildman–Crippen MR) is 115 cm³/mol. The Bertz CT molecular complexity index is 800. The van der Waals surface area contributed by atoms with Crippen molar-refractivity contribution >= 4 is 23.9 Å². The largest absolute Gasteiger partial charge is 0.465 e. The second-order valence-corrected chi connectivity index (χ2v) is 8.55.